The van der Waals surface area contributed by atoms with Gasteiger partial charge in [-0.05, 0) is 39.8 Å². The van der Waals surface area contributed by atoms with Crippen LogP contribution in [0, 0.1) is 20.8 Å². The largest absolute Gasteiger partial charge is 0.352 e. The summed E-state index contributed by atoms with van der Waals surface area (Å²) in [5.41, 5.74) is 2.13. The molecule has 0 radical (unpaired) electrons. The molecule has 1 aliphatic heterocycles. The van der Waals surface area contributed by atoms with E-state index < -0.39 is 10.0 Å². The molecule has 3 heterocycles. The summed E-state index contributed by atoms with van der Waals surface area (Å²) in [7, 11) is -3.54. The molecule has 136 valence electrons. The van der Waals surface area contributed by atoms with E-state index in [1.165, 1.54) is 0 Å². The van der Waals surface area contributed by atoms with Crippen LogP contribution in [0.3, 0.4) is 0 Å². The van der Waals surface area contributed by atoms with Gasteiger partial charge in [0.1, 0.15) is 4.90 Å². The predicted molar refractivity (Wildman–Crippen MR) is 95.1 cm³/mol. The molecule has 0 amide bonds. The topological polar surface area (TPSA) is 84.2 Å². The Kier molecular flexibility index (Phi) is 4.79. The second kappa shape index (κ2) is 6.72. The molecule has 0 aromatic carbocycles. The van der Waals surface area contributed by atoms with Gasteiger partial charge < -0.3 is 4.90 Å². The van der Waals surface area contributed by atoms with Crippen molar-refractivity contribution >= 4 is 15.8 Å². The SMILES string of the molecule is CCn1nc(C)c(S(=O)(=O)N2CCN(c3ccc(C)nn3)CC2)c1C. The minimum Gasteiger partial charge on any atom is -0.352 e. The average molecular weight is 364 g/mol. The fourth-order valence-electron chi connectivity index (χ4n) is 3.21. The van der Waals surface area contributed by atoms with Crippen LogP contribution in [0.4, 0.5) is 5.82 Å². The van der Waals surface area contributed by atoms with Crippen molar-refractivity contribution in [2.45, 2.75) is 39.1 Å². The van der Waals surface area contributed by atoms with Crippen LogP contribution in [0.25, 0.3) is 0 Å². The van der Waals surface area contributed by atoms with Crippen molar-refractivity contribution in [1.82, 2.24) is 24.3 Å². The Morgan fingerprint density at radius 1 is 1.04 bits per heavy atom. The Balaban J connectivity index is 1.78. The van der Waals surface area contributed by atoms with Gasteiger partial charge in [-0.1, -0.05) is 0 Å². The summed E-state index contributed by atoms with van der Waals surface area (Å²) >= 11 is 0. The standard InChI is InChI=1S/C16H24N6O2S/c1-5-22-14(4)16(13(3)19-22)25(23,24)21-10-8-20(9-11-21)15-7-6-12(2)17-18-15/h6-7H,5,8-11H2,1-4H3. The summed E-state index contributed by atoms with van der Waals surface area (Å²) < 4.78 is 29.4. The molecule has 0 unspecified atom stereocenters. The smallest absolute Gasteiger partial charge is 0.246 e. The number of sulfonamides is 1. The fourth-order valence-corrected chi connectivity index (χ4v) is 5.00. The molecule has 0 N–H and O–H groups in total. The first-order chi connectivity index (χ1) is 11.8. The number of hydrogen-bond donors (Lipinski definition) is 0. The fraction of sp³-hybridized carbons (Fsp3) is 0.562. The van der Waals surface area contributed by atoms with Crippen LogP contribution < -0.4 is 4.90 Å². The van der Waals surface area contributed by atoms with Crippen molar-refractivity contribution in [3.05, 3.63) is 29.2 Å². The van der Waals surface area contributed by atoms with Crippen LogP contribution in [0.15, 0.2) is 17.0 Å². The predicted octanol–water partition coefficient (Wildman–Crippen LogP) is 1.13. The maximum Gasteiger partial charge on any atom is 0.246 e. The molecule has 9 heteroatoms. The minimum atomic E-state index is -3.54. The van der Waals surface area contributed by atoms with Gasteiger partial charge >= 0.3 is 0 Å². The molecule has 8 nitrogen and oxygen atoms in total. The number of nitrogens with zero attached hydrogens (tertiary/aromatic N) is 6. The molecule has 0 aliphatic carbocycles. The van der Waals surface area contributed by atoms with Crippen LogP contribution in [-0.2, 0) is 16.6 Å². The second-order valence-corrected chi connectivity index (χ2v) is 8.11. The molecule has 0 bridgehead atoms. The van der Waals surface area contributed by atoms with E-state index in [-0.39, 0.29) is 0 Å². The van der Waals surface area contributed by atoms with Gasteiger partial charge in [0.15, 0.2) is 5.82 Å². The monoisotopic (exact) mass is 364 g/mol. The van der Waals surface area contributed by atoms with Crippen molar-refractivity contribution in [3.63, 3.8) is 0 Å². The number of aryl methyl sites for hydroxylation is 3. The molecule has 1 saturated heterocycles. The average Bonchev–Trinajstić information content (AvgIpc) is 2.90. The number of aromatic nitrogens is 4. The van der Waals surface area contributed by atoms with Crippen molar-refractivity contribution in [2.24, 2.45) is 0 Å². The third-order valence-corrected chi connectivity index (χ3v) is 6.71. The summed E-state index contributed by atoms with van der Waals surface area (Å²) in [5, 5.41) is 12.6. The van der Waals surface area contributed by atoms with E-state index in [0.717, 1.165) is 11.5 Å². The number of piperazine rings is 1. The van der Waals surface area contributed by atoms with Crippen LogP contribution in [0.2, 0.25) is 0 Å². The molecule has 0 spiro atoms. The third kappa shape index (κ3) is 3.25. The maximum absolute atomic E-state index is 13.1. The van der Waals surface area contributed by atoms with E-state index in [1.807, 2.05) is 32.9 Å². The second-order valence-electron chi connectivity index (χ2n) is 6.24. The zero-order chi connectivity index (χ0) is 18.2. The highest BCUT2D eigenvalue weighted by Gasteiger charge is 2.33. The lowest BCUT2D eigenvalue weighted by Gasteiger charge is -2.34. The number of anilines is 1. The van der Waals surface area contributed by atoms with Crippen LogP contribution in [0.1, 0.15) is 24.0 Å². The lowest BCUT2D eigenvalue weighted by atomic mass is 10.3. The Morgan fingerprint density at radius 3 is 2.24 bits per heavy atom. The van der Waals surface area contributed by atoms with Gasteiger partial charge in [0.05, 0.1) is 17.1 Å². The first-order valence-corrected chi connectivity index (χ1v) is 9.88. The van der Waals surface area contributed by atoms with Crippen LogP contribution in [0.5, 0.6) is 0 Å². The summed E-state index contributed by atoms with van der Waals surface area (Å²) in [4.78, 5) is 2.41. The van der Waals surface area contributed by atoms with Crippen molar-refractivity contribution in [2.75, 3.05) is 31.1 Å². The van der Waals surface area contributed by atoms with Gasteiger partial charge in [0, 0.05) is 32.7 Å². The molecule has 3 rings (SSSR count). The highest BCUT2D eigenvalue weighted by molar-refractivity contribution is 7.89. The number of rotatable bonds is 4. The van der Waals surface area contributed by atoms with Crippen molar-refractivity contribution in [1.29, 1.82) is 0 Å². The first kappa shape index (κ1) is 17.8. The molecule has 0 atom stereocenters. The van der Waals surface area contributed by atoms with Gasteiger partial charge in [-0.25, -0.2) is 8.42 Å². The van der Waals surface area contributed by atoms with Crippen molar-refractivity contribution < 1.29 is 8.42 Å². The summed E-state index contributed by atoms with van der Waals surface area (Å²) in [6.07, 6.45) is 0. The Morgan fingerprint density at radius 2 is 1.72 bits per heavy atom. The zero-order valence-electron chi connectivity index (χ0n) is 15.1. The van der Waals surface area contributed by atoms with Gasteiger partial charge in [0.25, 0.3) is 0 Å². The van der Waals surface area contributed by atoms with E-state index in [2.05, 4.69) is 20.2 Å². The van der Waals surface area contributed by atoms with Crippen molar-refractivity contribution in [3.8, 4) is 0 Å². The molecule has 2 aromatic rings. The van der Waals surface area contributed by atoms with E-state index in [0.29, 0.717) is 49.0 Å². The molecule has 0 saturated carbocycles. The van der Waals surface area contributed by atoms with E-state index in [1.54, 1.807) is 15.9 Å². The lowest BCUT2D eigenvalue weighted by Crippen LogP contribution is -2.49. The zero-order valence-corrected chi connectivity index (χ0v) is 15.9. The quantitative estimate of drug-likeness (QED) is 0.809. The summed E-state index contributed by atoms with van der Waals surface area (Å²) in [5.74, 6) is 0.786. The Hall–Kier alpha value is -2.00. The molecular weight excluding hydrogens is 340 g/mol. The lowest BCUT2D eigenvalue weighted by molar-refractivity contribution is 0.383. The first-order valence-electron chi connectivity index (χ1n) is 8.44. The molecular formula is C16H24N6O2S. The van der Waals surface area contributed by atoms with Gasteiger partial charge in [-0.2, -0.15) is 14.5 Å². The third-order valence-electron chi connectivity index (χ3n) is 4.56. The normalized spacial score (nSPS) is 16.4. The van der Waals surface area contributed by atoms with E-state index >= 15 is 0 Å². The molecule has 25 heavy (non-hydrogen) atoms. The van der Waals surface area contributed by atoms with Gasteiger partial charge in [-0.3, -0.25) is 4.68 Å². The maximum atomic E-state index is 13.1. The van der Waals surface area contributed by atoms with E-state index in [9.17, 15) is 8.42 Å². The van der Waals surface area contributed by atoms with Gasteiger partial charge in [0.2, 0.25) is 10.0 Å². The van der Waals surface area contributed by atoms with Gasteiger partial charge in [-0.15, -0.1) is 5.10 Å². The summed E-state index contributed by atoms with van der Waals surface area (Å²) in [6.45, 7) is 10.1. The minimum absolute atomic E-state index is 0.345. The molecule has 2 aromatic heterocycles. The highest BCUT2D eigenvalue weighted by Crippen LogP contribution is 2.25. The molecule has 1 aliphatic rings. The van der Waals surface area contributed by atoms with Crippen LogP contribution in [-0.4, -0.2) is 58.9 Å². The highest BCUT2D eigenvalue weighted by atomic mass is 32.2. The summed E-state index contributed by atoms with van der Waals surface area (Å²) in [6, 6.07) is 3.84. The number of hydrogen-bond acceptors (Lipinski definition) is 6. The molecule has 1 fully saturated rings. The van der Waals surface area contributed by atoms with Crippen LogP contribution >= 0.6 is 0 Å². The van der Waals surface area contributed by atoms with E-state index in [4.69, 9.17) is 0 Å². The Bertz CT molecular complexity index is 851. The Labute approximate surface area is 148 Å².